The number of rotatable bonds is 3. The number of nitrogens with zero attached hydrogens (tertiary/aromatic N) is 4. The van der Waals surface area contributed by atoms with Gasteiger partial charge in [-0.15, -0.1) is 10.2 Å². The van der Waals surface area contributed by atoms with E-state index in [1.165, 1.54) is 11.3 Å². The van der Waals surface area contributed by atoms with E-state index in [2.05, 4.69) is 15.3 Å². The van der Waals surface area contributed by atoms with E-state index in [9.17, 15) is 0 Å². The van der Waals surface area contributed by atoms with E-state index in [1.807, 2.05) is 48.6 Å². The van der Waals surface area contributed by atoms with Crippen LogP contribution in [0.5, 0.6) is 0 Å². The fraction of sp³-hybridized carbons (Fsp3) is 0. The van der Waals surface area contributed by atoms with Crippen LogP contribution in [-0.4, -0.2) is 19.8 Å². The van der Waals surface area contributed by atoms with Crippen LogP contribution in [0.25, 0.3) is 28.5 Å². The number of furan rings is 1. The molecule has 5 nitrogen and oxygen atoms in total. The Hall–Kier alpha value is -2.44. The molecule has 0 spiro atoms. The van der Waals surface area contributed by atoms with Crippen molar-refractivity contribution in [3.05, 3.63) is 58.5 Å². The molecule has 0 N–H and O–H groups in total. The summed E-state index contributed by atoms with van der Waals surface area (Å²) in [5.74, 6) is 1.41. The van der Waals surface area contributed by atoms with E-state index in [4.69, 9.17) is 16.0 Å². The van der Waals surface area contributed by atoms with Gasteiger partial charge < -0.3 is 4.42 Å². The Morgan fingerprint density at radius 1 is 1.09 bits per heavy atom. The van der Waals surface area contributed by atoms with Gasteiger partial charge in [-0.05, 0) is 36.4 Å². The van der Waals surface area contributed by atoms with Crippen LogP contribution in [0.1, 0.15) is 10.8 Å². The van der Waals surface area contributed by atoms with Crippen molar-refractivity contribution in [2.75, 3.05) is 0 Å². The molecule has 0 aliphatic rings. The first-order chi connectivity index (χ1) is 10.8. The molecule has 22 heavy (non-hydrogen) atoms. The molecule has 0 aliphatic carbocycles. The van der Waals surface area contributed by atoms with Gasteiger partial charge in [-0.2, -0.15) is 9.61 Å². The third-order valence-electron chi connectivity index (χ3n) is 3.05. The van der Waals surface area contributed by atoms with Gasteiger partial charge in [0.2, 0.25) is 4.96 Å². The summed E-state index contributed by atoms with van der Waals surface area (Å²) in [6.45, 7) is 0. The van der Waals surface area contributed by atoms with E-state index >= 15 is 0 Å². The van der Waals surface area contributed by atoms with Crippen molar-refractivity contribution in [1.29, 1.82) is 0 Å². The number of fused-ring (bicyclic) bond motifs is 1. The van der Waals surface area contributed by atoms with Gasteiger partial charge in [-0.1, -0.05) is 35.1 Å². The van der Waals surface area contributed by atoms with Crippen LogP contribution in [0, 0.1) is 0 Å². The zero-order valence-electron chi connectivity index (χ0n) is 11.2. The fourth-order valence-corrected chi connectivity index (χ4v) is 3.01. The van der Waals surface area contributed by atoms with Crippen molar-refractivity contribution in [3.63, 3.8) is 0 Å². The lowest BCUT2D eigenvalue weighted by molar-refractivity contribution is 0.557. The molecule has 0 aliphatic heterocycles. The van der Waals surface area contributed by atoms with Crippen molar-refractivity contribution in [2.45, 2.75) is 0 Å². The molecule has 4 aromatic rings. The quantitative estimate of drug-likeness (QED) is 0.563. The molecule has 108 valence electrons. The van der Waals surface area contributed by atoms with Gasteiger partial charge in [0.25, 0.3) is 0 Å². The van der Waals surface area contributed by atoms with Gasteiger partial charge in [0, 0.05) is 5.56 Å². The highest BCUT2D eigenvalue weighted by molar-refractivity contribution is 7.17. The normalized spacial score (nSPS) is 11.7. The highest BCUT2D eigenvalue weighted by Gasteiger charge is 2.14. The van der Waals surface area contributed by atoms with Crippen LogP contribution in [0.3, 0.4) is 0 Å². The SMILES string of the molecule is Clc1ccccc1-c1nnc2sc(/C=C/c3ccco3)nn12. The standard InChI is InChI=1S/C15H9ClN4OS/c16-12-6-2-1-5-11(12)14-17-18-15-20(14)19-13(22-15)8-7-10-4-3-9-21-10/h1-9H/b8-7+. The molecule has 1 aromatic carbocycles. The Balaban J connectivity index is 1.75. The average Bonchev–Trinajstić information content (AvgIpc) is 3.23. The summed E-state index contributed by atoms with van der Waals surface area (Å²) >= 11 is 7.67. The third kappa shape index (κ3) is 2.32. The van der Waals surface area contributed by atoms with Crippen molar-refractivity contribution in [1.82, 2.24) is 19.8 Å². The van der Waals surface area contributed by atoms with E-state index < -0.39 is 0 Å². The molecular weight excluding hydrogens is 320 g/mol. The number of aromatic nitrogens is 4. The van der Waals surface area contributed by atoms with Gasteiger partial charge in [0.15, 0.2) is 5.82 Å². The van der Waals surface area contributed by atoms with Crippen LogP contribution in [-0.2, 0) is 0 Å². The Morgan fingerprint density at radius 2 is 2.00 bits per heavy atom. The van der Waals surface area contributed by atoms with Crippen LogP contribution in [0.2, 0.25) is 5.02 Å². The van der Waals surface area contributed by atoms with Crippen LogP contribution in [0.4, 0.5) is 0 Å². The minimum atomic E-state index is 0.623. The predicted octanol–water partition coefficient (Wildman–Crippen LogP) is 4.27. The Labute approximate surface area is 134 Å². The fourth-order valence-electron chi connectivity index (χ4n) is 2.05. The molecule has 3 heterocycles. The minimum Gasteiger partial charge on any atom is -0.465 e. The summed E-state index contributed by atoms with van der Waals surface area (Å²) in [4.78, 5) is 0.717. The second-order valence-corrected chi connectivity index (χ2v) is 5.88. The van der Waals surface area contributed by atoms with Gasteiger partial charge in [0.1, 0.15) is 10.8 Å². The van der Waals surface area contributed by atoms with Crippen LogP contribution < -0.4 is 0 Å². The molecule has 0 radical (unpaired) electrons. The molecule has 0 fully saturated rings. The lowest BCUT2D eigenvalue weighted by Crippen LogP contribution is -1.91. The number of halogens is 1. The largest absolute Gasteiger partial charge is 0.465 e. The molecule has 3 aromatic heterocycles. The van der Waals surface area contributed by atoms with E-state index in [0.717, 1.165) is 16.3 Å². The Kier molecular flexibility index (Phi) is 3.25. The predicted molar refractivity (Wildman–Crippen MR) is 86.7 cm³/mol. The van der Waals surface area contributed by atoms with E-state index in [1.54, 1.807) is 10.8 Å². The number of benzene rings is 1. The molecule has 7 heteroatoms. The second-order valence-electron chi connectivity index (χ2n) is 4.49. The molecule has 0 atom stereocenters. The van der Waals surface area contributed by atoms with E-state index in [-0.39, 0.29) is 0 Å². The molecule has 4 rings (SSSR count). The summed E-state index contributed by atoms with van der Waals surface area (Å²) in [5.41, 5.74) is 0.809. The van der Waals surface area contributed by atoms with Crippen molar-refractivity contribution >= 4 is 40.1 Å². The maximum atomic E-state index is 6.22. The topological polar surface area (TPSA) is 56.2 Å². The molecule has 0 amide bonds. The first-order valence-corrected chi connectivity index (χ1v) is 7.69. The zero-order chi connectivity index (χ0) is 14.9. The molecule has 0 saturated heterocycles. The zero-order valence-corrected chi connectivity index (χ0v) is 12.8. The van der Waals surface area contributed by atoms with Crippen LogP contribution >= 0.6 is 22.9 Å². The Bertz CT molecular complexity index is 955. The first kappa shape index (κ1) is 13.2. The second kappa shape index (κ2) is 5.40. The summed E-state index contributed by atoms with van der Waals surface area (Å²) in [7, 11) is 0. The van der Waals surface area contributed by atoms with Crippen molar-refractivity contribution in [2.24, 2.45) is 0 Å². The van der Waals surface area contributed by atoms with Crippen molar-refractivity contribution < 1.29 is 4.42 Å². The van der Waals surface area contributed by atoms with Crippen LogP contribution in [0.15, 0.2) is 47.1 Å². The summed E-state index contributed by atoms with van der Waals surface area (Å²) in [6.07, 6.45) is 5.38. The minimum absolute atomic E-state index is 0.623. The molecular formula is C15H9ClN4OS. The summed E-state index contributed by atoms with van der Waals surface area (Å²) in [6, 6.07) is 11.2. The van der Waals surface area contributed by atoms with Gasteiger partial charge in [-0.25, -0.2) is 0 Å². The summed E-state index contributed by atoms with van der Waals surface area (Å²) < 4.78 is 6.96. The number of hydrogen-bond donors (Lipinski definition) is 0. The first-order valence-electron chi connectivity index (χ1n) is 6.50. The highest BCUT2D eigenvalue weighted by Crippen LogP contribution is 2.28. The van der Waals surface area contributed by atoms with Gasteiger partial charge >= 0.3 is 0 Å². The van der Waals surface area contributed by atoms with Gasteiger partial charge in [-0.3, -0.25) is 0 Å². The Morgan fingerprint density at radius 3 is 2.82 bits per heavy atom. The van der Waals surface area contributed by atoms with Crippen molar-refractivity contribution in [3.8, 4) is 11.4 Å². The van der Waals surface area contributed by atoms with Gasteiger partial charge in [0.05, 0.1) is 11.3 Å². The molecule has 0 saturated carbocycles. The highest BCUT2D eigenvalue weighted by atomic mass is 35.5. The maximum Gasteiger partial charge on any atom is 0.235 e. The smallest absolute Gasteiger partial charge is 0.235 e. The number of hydrogen-bond acceptors (Lipinski definition) is 5. The monoisotopic (exact) mass is 328 g/mol. The lowest BCUT2D eigenvalue weighted by atomic mass is 10.2. The summed E-state index contributed by atoms with van der Waals surface area (Å²) in [5, 5.41) is 14.3. The maximum absolute atomic E-state index is 6.22. The average molecular weight is 329 g/mol. The third-order valence-corrected chi connectivity index (χ3v) is 4.25. The molecule has 0 bridgehead atoms. The molecule has 0 unspecified atom stereocenters. The lowest BCUT2D eigenvalue weighted by Gasteiger charge is -1.98. The van der Waals surface area contributed by atoms with E-state index in [0.29, 0.717) is 15.8 Å².